The van der Waals surface area contributed by atoms with Crippen molar-refractivity contribution in [3.8, 4) is 0 Å². The van der Waals surface area contributed by atoms with E-state index in [-0.39, 0.29) is 12.1 Å². The van der Waals surface area contributed by atoms with Crippen LogP contribution in [0.25, 0.3) is 11.0 Å². The zero-order valence-electron chi connectivity index (χ0n) is 17.4. The van der Waals surface area contributed by atoms with E-state index in [9.17, 15) is 4.21 Å². The standard InChI is InChI=1S/C18H18N4O2S.C4H9NO/c23-25-10-7-14-16(25)11-19-18(20-14)22-8-5-12(6-9-22)17-13-3-1-2-4-15(13)24-21-17;5-4(3-6)1-2-4/h1-4,11-12H,5-10H2;6H,1-3,5H2. The third-order valence-electron chi connectivity index (χ3n) is 6.36. The quantitative estimate of drug-likeness (QED) is 0.635. The number of para-hydroxylation sites is 1. The molecule has 8 nitrogen and oxygen atoms in total. The van der Waals surface area contributed by atoms with Crippen molar-refractivity contribution < 1.29 is 13.8 Å². The lowest BCUT2D eigenvalue weighted by molar-refractivity contribution is 0.257. The number of hydrogen-bond acceptors (Lipinski definition) is 8. The minimum Gasteiger partial charge on any atom is -0.394 e. The van der Waals surface area contributed by atoms with Crippen molar-refractivity contribution in [2.75, 3.05) is 30.3 Å². The Hall–Kier alpha value is -2.36. The van der Waals surface area contributed by atoms with Crippen LogP contribution in [0.3, 0.4) is 0 Å². The van der Waals surface area contributed by atoms with E-state index in [0.29, 0.717) is 11.7 Å². The summed E-state index contributed by atoms with van der Waals surface area (Å²) in [5, 5.41) is 13.8. The summed E-state index contributed by atoms with van der Waals surface area (Å²) in [6, 6.07) is 8.04. The number of hydrogen-bond donors (Lipinski definition) is 2. The largest absolute Gasteiger partial charge is 0.394 e. The molecular weight excluding hydrogens is 414 g/mol. The van der Waals surface area contributed by atoms with E-state index in [1.54, 1.807) is 6.20 Å². The second-order valence-corrected chi connectivity index (χ2v) is 10.2. The van der Waals surface area contributed by atoms with Gasteiger partial charge in [0.05, 0.1) is 33.7 Å². The molecule has 2 aliphatic heterocycles. The summed E-state index contributed by atoms with van der Waals surface area (Å²) < 4.78 is 17.3. The monoisotopic (exact) mass is 441 g/mol. The second-order valence-electron chi connectivity index (χ2n) is 8.63. The van der Waals surface area contributed by atoms with Crippen LogP contribution in [-0.2, 0) is 17.2 Å². The highest BCUT2D eigenvalue weighted by molar-refractivity contribution is 7.85. The molecule has 9 heteroatoms. The molecule has 2 aromatic heterocycles. The number of aryl methyl sites for hydroxylation is 1. The second kappa shape index (κ2) is 8.29. The van der Waals surface area contributed by atoms with Crippen LogP contribution < -0.4 is 10.6 Å². The first-order valence-corrected chi connectivity index (χ1v) is 12.1. The third kappa shape index (κ3) is 4.22. The van der Waals surface area contributed by atoms with Gasteiger partial charge in [0.15, 0.2) is 5.58 Å². The molecule has 1 atom stereocenters. The van der Waals surface area contributed by atoms with Gasteiger partial charge in [0.2, 0.25) is 5.95 Å². The Kier molecular flexibility index (Phi) is 5.49. The average molecular weight is 442 g/mol. The summed E-state index contributed by atoms with van der Waals surface area (Å²) in [6.45, 7) is 1.95. The Morgan fingerprint density at radius 1 is 1.26 bits per heavy atom. The predicted octanol–water partition coefficient (Wildman–Crippen LogP) is 2.14. The summed E-state index contributed by atoms with van der Waals surface area (Å²) in [7, 11) is -0.913. The van der Waals surface area contributed by atoms with Gasteiger partial charge in [-0.2, -0.15) is 0 Å². The first kappa shape index (κ1) is 20.5. The Balaban J connectivity index is 0.000000296. The van der Waals surface area contributed by atoms with Crippen LogP contribution in [-0.4, -0.2) is 55.4 Å². The van der Waals surface area contributed by atoms with Crippen molar-refractivity contribution in [2.45, 2.75) is 48.5 Å². The fraction of sp³-hybridized carbons (Fsp3) is 0.500. The fourth-order valence-electron chi connectivity index (χ4n) is 4.09. The maximum absolute atomic E-state index is 11.8. The molecule has 4 heterocycles. The molecule has 6 rings (SSSR count). The van der Waals surface area contributed by atoms with Crippen LogP contribution in [0.2, 0.25) is 0 Å². The van der Waals surface area contributed by atoms with E-state index < -0.39 is 10.8 Å². The van der Waals surface area contributed by atoms with E-state index in [1.165, 1.54) is 0 Å². The molecule has 0 radical (unpaired) electrons. The number of aromatic nitrogens is 3. The molecule has 0 bridgehead atoms. The van der Waals surface area contributed by atoms with Crippen molar-refractivity contribution in [3.63, 3.8) is 0 Å². The minimum absolute atomic E-state index is 0.153. The van der Waals surface area contributed by atoms with E-state index >= 15 is 0 Å². The lowest BCUT2D eigenvalue weighted by Crippen LogP contribution is -2.34. The number of aliphatic hydroxyl groups excluding tert-OH is 1. The van der Waals surface area contributed by atoms with Crippen LogP contribution in [0.5, 0.6) is 0 Å². The van der Waals surface area contributed by atoms with Crippen LogP contribution in [0.4, 0.5) is 5.95 Å². The highest BCUT2D eigenvalue weighted by Crippen LogP contribution is 2.33. The van der Waals surface area contributed by atoms with Gasteiger partial charge in [0.1, 0.15) is 0 Å². The first-order valence-electron chi connectivity index (χ1n) is 10.8. The number of anilines is 1. The molecule has 3 N–H and O–H groups in total. The molecule has 2 fully saturated rings. The number of piperidine rings is 1. The number of aliphatic hydroxyl groups is 1. The fourth-order valence-corrected chi connectivity index (χ4v) is 5.27. The summed E-state index contributed by atoms with van der Waals surface area (Å²) in [5.41, 5.74) is 8.12. The number of rotatable bonds is 3. The molecule has 1 saturated carbocycles. The van der Waals surface area contributed by atoms with Crippen LogP contribution in [0.1, 0.15) is 43.0 Å². The SMILES string of the molecule is NC1(CO)CC1.O=S1CCc2nc(N3CCC(c4noc5ccccc45)CC3)ncc21. The molecular formula is C22H27N5O3S. The van der Waals surface area contributed by atoms with Gasteiger partial charge in [0.25, 0.3) is 0 Å². The van der Waals surface area contributed by atoms with Gasteiger partial charge in [-0.25, -0.2) is 9.97 Å². The lowest BCUT2D eigenvalue weighted by Gasteiger charge is -2.31. The van der Waals surface area contributed by atoms with E-state index in [4.69, 9.17) is 15.4 Å². The van der Waals surface area contributed by atoms with Gasteiger partial charge in [-0.15, -0.1) is 0 Å². The Labute approximate surface area is 183 Å². The van der Waals surface area contributed by atoms with Gasteiger partial charge in [-0.1, -0.05) is 17.3 Å². The molecule has 0 amide bonds. The molecule has 164 valence electrons. The molecule has 31 heavy (non-hydrogen) atoms. The maximum atomic E-state index is 11.8. The first-order chi connectivity index (χ1) is 15.1. The van der Waals surface area contributed by atoms with Crippen molar-refractivity contribution >= 4 is 27.7 Å². The third-order valence-corrected chi connectivity index (χ3v) is 7.77. The number of benzene rings is 1. The van der Waals surface area contributed by atoms with Gasteiger partial charge >= 0.3 is 0 Å². The molecule has 0 spiro atoms. The molecule has 3 aliphatic rings. The van der Waals surface area contributed by atoms with Crippen LogP contribution in [0.15, 0.2) is 39.9 Å². The molecule has 1 saturated heterocycles. The summed E-state index contributed by atoms with van der Waals surface area (Å²) in [5.74, 6) is 1.84. The highest BCUT2D eigenvalue weighted by Gasteiger charge is 2.37. The summed E-state index contributed by atoms with van der Waals surface area (Å²) in [4.78, 5) is 12.1. The summed E-state index contributed by atoms with van der Waals surface area (Å²) in [6.07, 6.45) is 6.55. The Morgan fingerprint density at radius 2 is 2.03 bits per heavy atom. The topological polar surface area (TPSA) is 118 Å². The average Bonchev–Trinajstić information content (AvgIpc) is 3.24. The van der Waals surface area contributed by atoms with Crippen molar-refractivity contribution in [1.82, 2.24) is 15.1 Å². The van der Waals surface area contributed by atoms with Gasteiger partial charge in [-0.3, -0.25) is 4.21 Å². The summed E-state index contributed by atoms with van der Waals surface area (Å²) >= 11 is 0. The lowest BCUT2D eigenvalue weighted by atomic mass is 9.92. The van der Waals surface area contributed by atoms with Crippen LogP contribution >= 0.6 is 0 Å². The Bertz CT molecular complexity index is 1110. The smallest absolute Gasteiger partial charge is 0.225 e. The molecule has 3 aromatic rings. The number of nitrogens with two attached hydrogens (primary N) is 1. The van der Waals surface area contributed by atoms with E-state index in [0.717, 1.165) is 78.4 Å². The van der Waals surface area contributed by atoms with Gasteiger partial charge in [-0.05, 0) is 37.8 Å². The van der Waals surface area contributed by atoms with Crippen molar-refractivity contribution in [3.05, 3.63) is 41.9 Å². The van der Waals surface area contributed by atoms with Crippen molar-refractivity contribution in [2.24, 2.45) is 5.73 Å². The zero-order chi connectivity index (χ0) is 21.4. The predicted molar refractivity (Wildman–Crippen MR) is 118 cm³/mol. The number of fused-ring (bicyclic) bond motifs is 2. The minimum atomic E-state index is -0.913. The normalized spacial score (nSPS) is 22.1. The highest BCUT2D eigenvalue weighted by atomic mass is 32.2. The Morgan fingerprint density at radius 3 is 2.74 bits per heavy atom. The molecule has 1 unspecified atom stereocenters. The number of nitrogens with zero attached hydrogens (tertiary/aromatic N) is 4. The maximum Gasteiger partial charge on any atom is 0.225 e. The van der Waals surface area contributed by atoms with Crippen molar-refractivity contribution in [1.29, 1.82) is 0 Å². The zero-order valence-corrected chi connectivity index (χ0v) is 18.2. The van der Waals surface area contributed by atoms with Crippen LogP contribution in [0, 0.1) is 0 Å². The molecule has 1 aromatic carbocycles. The van der Waals surface area contributed by atoms with E-state index in [1.807, 2.05) is 18.2 Å². The van der Waals surface area contributed by atoms with E-state index in [2.05, 4.69) is 26.1 Å². The van der Waals surface area contributed by atoms with Gasteiger partial charge in [0, 0.05) is 48.3 Å². The van der Waals surface area contributed by atoms with Gasteiger partial charge < -0.3 is 20.3 Å². The molecule has 1 aliphatic carbocycles.